The summed E-state index contributed by atoms with van der Waals surface area (Å²) in [5.74, 6) is -0.127. The first-order valence-corrected chi connectivity index (χ1v) is 12.4. The van der Waals surface area contributed by atoms with Crippen molar-refractivity contribution in [3.63, 3.8) is 0 Å². The average Bonchev–Trinajstić information content (AvgIpc) is 3.31. The first kappa shape index (κ1) is 25.1. The molecule has 184 valence electrons. The minimum Gasteiger partial charge on any atom is -0.348 e. The van der Waals surface area contributed by atoms with Crippen molar-refractivity contribution < 1.29 is 9.59 Å². The van der Waals surface area contributed by atoms with Crippen LogP contribution >= 0.6 is 23.2 Å². The average molecular weight is 513 g/mol. The number of benzene rings is 2. The van der Waals surface area contributed by atoms with Gasteiger partial charge in [0.05, 0.1) is 16.1 Å². The van der Waals surface area contributed by atoms with Crippen molar-refractivity contribution in [3.05, 3.63) is 93.7 Å². The Morgan fingerprint density at radius 2 is 1.74 bits per heavy atom. The van der Waals surface area contributed by atoms with E-state index in [1.807, 2.05) is 86.5 Å². The SMILES string of the molecule is CC(C)(C)N(CC(=O)N1CCn2cccc2C1c1ccc(Cl)c(Cl)c1)C(=O)NCc1ccccc1. The summed E-state index contributed by atoms with van der Waals surface area (Å²) in [5.41, 5.74) is 2.32. The van der Waals surface area contributed by atoms with Gasteiger partial charge in [0.1, 0.15) is 6.54 Å². The number of hydrogen-bond acceptors (Lipinski definition) is 2. The number of rotatable bonds is 5. The van der Waals surface area contributed by atoms with Crippen LogP contribution in [0.2, 0.25) is 10.0 Å². The molecule has 0 bridgehead atoms. The second kappa shape index (κ2) is 10.3. The number of amides is 3. The third kappa shape index (κ3) is 5.65. The van der Waals surface area contributed by atoms with Crippen molar-refractivity contribution in [2.24, 2.45) is 0 Å². The number of carbonyl (C=O) groups excluding carboxylic acids is 2. The Bertz CT molecular complexity index is 1200. The van der Waals surface area contributed by atoms with Gasteiger partial charge in [0.15, 0.2) is 0 Å². The number of nitrogens with zero attached hydrogens (tertiary/aromatic N) is 3. The molecular weight excluding hydrogens is 483 g/mol. The topological polar surface area (TPSA) is 57.6 Å². The zero-order valence-corrected chi connectivity index (χ0v) is 21.7. The lowest BCUT2D eigenvalue weighted by Gasteiger charge is -2.41. The predicted molar refractivity (Wildman–Crippen MR) is 140 cm³/mol. The molecule has 1 aliphatic rings. The fraction of sp³-hybridized carbons (Fsp3) is 0.333. The van der Waals surface area contributed by atoms with E-state index in [1.165, 1.54) is 0 Å². The summed E-state index contributed by atoms with van der Waals surface area (Å²) >= 11 is 12.5. The summed E-state index contributed by atoms with van der Waals surface area (Å²) in [7, 11) is 0. The van der Waals surface area contributed by atoms with Crippen LogP contribution in [-0.4, -0.2) is 44.9 Å². The molecule has 2 aromatic carbocycles. The van der Waals surface area contributed by atoms with E-state index in [-0.39, 0.29) is 24.5 Å². The molecule has 4 rings (SSSR count). The van der Waals surface area contributed by atoms with E-state index in [4.69, 9.17) is 23.2 Å². The largest absolute Gasteiger partial charge is 0.348 e. The molecule has 0 radical (unpaired) electrons. The van der Waals surface area contributed by atoms with Gasteiger partial charge < -0.3 is 19.7 Å². The van der Waals surface area contributed by atoms with Crippen molar-refractivity contribution in [3.8, 4) is 0 Å². The van der Waals surface area contributed by atoms with E-state index < -0.39 is 5.54 Å². The Morgan fingerprint density at radius 3 is 2.43 bits per heavy atom. The van der Waals surface area contributed by atoms with Gasteiger partial charge in [0.25, 0.3) is 0 Å². The van der Waals surface area contributed by atoms with Gasteiger partial charge in [-0.05, 0) is 56.2 Å². The molecule has 0 saturated carbocycles. The van der Waals surface area contributed by atoms with Gasteiger partial charge in [-0.2, -0.15) is 0 Å². The number of halogens is 2. The van der Waals surface area contributed by atoms with E-state index in [1.54, 1.807) is 11.0 Å². The monoisotopic (exact) mass is 512 g/mol. The molecule has 1 aliphatic heterocycles. The first-order valence-electron chi connectivity index (χ1n) is 11.6. The lowest BCUT2D eigenvalue weighted by molar-refractivity contribution is -0.135. The van der Waals surface area contributed by atoms with E-state index in [0.717, 1.165) is 16.8 Å². The summed E-state index contributed by atoms with van der Waals surface area (Å²) in [6.07, 6.45) is 2.01. The number of aromatic nitrogens is 1. The highest BCUT2D eigenvalue weighted by Gasteiger charge is 2.36. The molecule has 8 heteroatoms. The van der Waals surface area contributed by atoms with Crippen molar-refractivity contribution in [2.75, 3.05) is 13.1 Å². The standard InChI is InChI=1S/C27H30Cl2N4O2/c1-27(2,3)33(26(35)30-17-19-8-5-4-6-9-19)18-24(34)32-15-14-31-13-7-10-23(31)25(32)20-11-12-21(28)22(29)16-20/h4-13,16,25H,14-15,17-18H2,1-3H3,(H,30,35). The molecule has 1 N–H and O–H groups in total. The smallest absolute Gasteiger partial charge is 0.318 e. The number of carbonyl (C=O) groups is 2. The minimum atomic E-state index is -0.550. The Hall–Kier alpha value is -2.96. The van der Waals surface area contributed by atoms with Crippen molar-refractivity contribution in [2.45, 2.75) is 45.4 Å². The van der Waals surface area contributed by atoms with E-state index in [0.29, 0.717) is 29.7 Å². The predicted octanol–water partition coefficient (Wildman–Crippen LogP) is 5.74. The van der Waals surface area contributed by atoms with Gasteiger partial charge in [-0.25, -0.2) is 4.79 Å². The second-order valence-corrected chi connectivity index (χ2v) is 10.5. The molecule has 3 amide bonds. The van der Waals surface area contributed by atoms with Crippen molar-refractivity contribution in [1.29, 1.82) is 0 Å². The quantitative estimate of drug-likeness (QED) is 0.473. The molecule has 3 aromatic rings. The van der Waals surface area contributed by atoms with Crippen LogP contribution in [0.1, 0.15) is 43.6 Å². The Labute approximate surface area is 216 Å². The molecule has 0 aliphatic carbocycles. The summed E-state index contributed by atoms with van der Waals surface area (Å²) in [6, 6.07) is 18.6. The van der Waals surface area contributed by atoms with Gasteiger partial charge in [0, 0.05) is 37.1 Å². The molecule has 6 nitrogen and oxygen atoms in total. The fourth-order valence-corrected chi connectivity index (χ4v) is 4.70. The molecule has 1 atom stereocenters. The van der Waals surface area contributed by atoms with Crippen LogP contribution in [0.4, 0.5) is 4.79 Å². The molecule has 0 saturated heterocycles. The number of fused-ring (bicyclic) bond motifs is 1. The molecule has 1 unspecified atom stereocenters. The van der Waals surface area contributed by atoms with E-state index in [9.17, 15) is 9.59 Å². The van der Waals surface area contributed by atoms with Crippen LogP contribution in [0, 0.1) is 0 Å². The van der Waals surface area contributed by atoms with Gasteiger partial charge in [-0.3, -0.25) is 4.79 Å². The maximum Gasteiger partial charge on any atom is 0.318 e. The maximum absolute atomic E-state index is 13.7. The highest BCUT2D eigenvalue weighted by molar-refractivity contribution is 6.42. The third-order valence-corrected chi connectivity index (χ3v) is 6.99. The highest BCUT2D eigenvalue weighted by Crippen LogP contribution is 2.35. The molecule has 0 spiro atoms. The summed E-state index contributed by atoms with van der Waals surface area (Å²) in [6.45, 7) is 7.35. The van der Waals surface area contributed by atoms with Crippen LogP contribution in [-0.2, 0) is 17.9 Å². The summed E-state index contributed by atoms with van der Waals surface area (Å²) in [5, 5.41) is 3.87. The normalized spacial score (nSPS) is 15.5. The van der Waals surface area contributed by atoms with E-state index in [2.05, 4.69) is 9.88 Å². The zero-order valence-electron chi connectivity index (χ0n) is 20.2. The zero-order chi connectivity index (χ0) is 25.2. The fourth-order valence-electron chi connectivity index (χ4n) is 4.39. The lowest BCUT2D eigenvalue weighted by atomic mass is 9.99. The van der Waals surface area contributed by atoms with Crippen LogP contribution in [0.5, 0.6) is 0 Å². The van der Waals surface area contributed by atoms with Crippen LogP contribution in [0.3, 0.4) is 0 Å². The molecule has 2 heterocycles. The van der Waals surface area contributed by atoms with Crippen LogP contribution < -0.4 is 5.32 Å². The maximum atomic E-state index is 13.7. The summed E-state index contributed by atoms with van der Waals surface area (Å²) in [4.78, 5) is 30.3. The van der Waals surface area contributed by atoms with Gasteiger partial charge in [-0.15, -0.1) is 0 Å². The minimum absolute atomic E-state index is 0.0390. The van der Waals surface area contributed by atoms with Gasteiger partial charge >= 0.3 is 6.03 Å². The lowest BCUT2D eigenvalue weighted by Crippen LogP contribution is -2.55. The highest BCUT2D eigenvalue weighted by atomic mass is 35.5. The van der Waals surface area contributed by atoms with Crippen molar-refractivity contribution >= 4 is 35.1 Å². The first-order chi connectivity index (χ1) is 16.6. The Balaban J connectivity index is 1.57. The molecule has 1 aromatic heterocycles. The second-order valence-electron chi connectivity index (χ2n) is 9.69. The molecule has 0 fully saturated rings. The van der Waals surface area contributed by atoms with Gasteiger partial charge in [0.2, 0.25) is 5.91 Å². The Kier molecular flexibility index (Phi) is 7.43. The Morgan fingerprint density at radius 1 is 1.00 bits per heavy atom. The number of nitrogens with one attached hydrogen (secondary N) is 1. The van der Waals surface area contributed by atoms with Crippen LogP contribution in [0.15, 0.2) is 66.9 Å². The third-order valence-electron chi connectivity index (χ3n) is 6.25. The molecule has 35 heavy (non-hydrogen) atoms. The number of urea groups is 1. The van der Waals surface area contributed by atoms with Gasteiger partial charge in [-0.1, -0.05) is 59.6 Å². The van der Waals surface area contributed by atoms with Crippen LogP contribution in [0.25, 0.3) is 0 Å². The van der Waals surface area contributed by atoms with Crippen molar-refractivity contribution in [1.82, 2.24) is 19.7 Å². The summed E-state index contributed by atoms with van der Waals surface area (Å²) < 4.78 is 2.14. The number of hydrogen-bond donors (Lipinski definition) is 1. The van der Waals surface area contributed by atoms with E-state index >= 15 is 0 Å². The molecular formula is C27H30Cl2N4O2.